The minimum atomic E-state index is -0.807. The summed E-state index contributed by atoms with van der Waals surface area (Å²) in [7, 11) is 0. The molecule has 1 aromatic rings. The van der Waals surface area contributed by atoms with E-state index in [9.17, 15) is 29.8 Å². The van der Waals surface area contributed by atoms with Crippen molar-refractivity contribution in [2.24, 2.45) is 0 Å². The molecule has 1 amide bonds. The molecule has 0 fully saturated rings. The van der Waals surface area contributed by atoms with Crippen LogP contribution in [0.5, 0.6) is 0 Å². The highest BCUT2D eigenvalue weighted by Gasteiger charge is 2.23. The number of carbonyl (C=O) groups excluding carboxylic acids is 2. The monoisotopic (exact) mass is 339 g/mol. The highest BCUT2D eigenvalue weighted by Crippen LogP contribution is 2.23. The Balaban J connectivity index is 3.04. The lowest BCUT2D eigenvalue weighted by Crippen LogP contribution is -2.33. The summed E-state index contributed by atoms with van der Waals surface area (Å²) >= 11 is 0. The van der Waals surface area contributed by atoms with Gasteiger partial charge < -0.3 is 9.64 Å². The highest BCUT2D eigenvalue weighted by atomic mass is 16.6. The van der Waals surface area contributed by atoms with Crippen LogP contribution in [0, 0.1) is 20.2 Å². The summed E-state index contributed by atoms with van der Waals surface area (Å²) in [6, 6.07) is 2.73. The summed E-state index contributed by atoms with van der Waals surface area (Å²) in [5.41, 5.74) is -1.27. The highest BCUT2D eigenvalue weighted by molar-refractivity contribution is 5.95. The number of nitrogens with zero attached hydrogens (tertiary/aromatic N) is 3. The maximum atomic E-state index is 12.4. The van der Waals surface area contributed by atoms with E-state index in [0.717, 1.165) is 18.2 Å². The zero-order valence-corrected chi connectivity index (χ0v) is 13.3. The van der Waals surface area contributed by atoms with Gasteiger partial charge in [0.2, 0.25) is 0 Å². The van der Waals surface area contributed by atoms with Gasteiger partial charge in [-0.2, -0.15) is 0 Å². The fourth-order valence-electron chi connectivity index (χ4n) is 1.97. The molecule has 0 radical (unpaired) electrons. The van der Waals surface area contributed by atoms with Crippen LogP contribution >= 0.6 is 0 Å². The van der Waals surface area contributed by atoms with Crippen LogP contribution in [0.15, 0.2) is 18.2 Å². The van der Waals surface area contributed by atoms with Crippen LogP contribution < -0.4 is 0 Å². The second kappa shape index (κ2) is 8.56. The van der Waals surface area contributed by atoms with Crippen LogP contribution in [-0.4, -0.2) is 46.3 Å². The number of amides is 1. The number of benzene rings is 1. The molecule has 130 valence electrons. The Morgan fingerprint density at radius 1 is 1.08 bits per heavy atom. The van der Waals surface area contributed by atoms with E-state index in [1.54, 1.807) is 13.8 Å². The van der Waals surface area contributed by atoms with Crippen LogP contribution in [0.2, 0.25) is 0 Å². The summed E-state index contributed by atoms with van der Waals surface area (Å²) in [6.45, 7) is 3.81. The van der Waals surface area contributed by atoms with Gasteiger partial charge in [0, 0.05) is 25.2 Å². The third kappa shape index (κ3) is 5.00. The molecule has 10 nitrogen and oxygen atoms in total. The van der Waals surface area contributed by atoms with Crippen molar-refractivity contribution in [1.82, 2.24) is 4.90 Å². The van der Waals surface area contributed by atoms with Crippen molar-refractivity contribution >= 4 is 23.3 Å². The molecule has 0 atom stereocenters. The Bertz CT molecular complexity index is 628. The first kappa shape index (κ1) is 19.0. The van der Waals surface area contributed by atoms with Crippen LogP contribution in [0.3, 0.4) is 0 Å². The van der Waals surface area contributed by atoms with E-state index in [-0.39, 0.29) is 31.7 Å². The second-order valence-corrected chi connectivity index (χ2v) is 4.69. The lowest BCUT2D eigenvalue weighted by atomic mass is 10.1. The average Bonchev–Trinajstić information content (AvgIpc) is 2.54. The standard InChI is InChI=1S/C14H17N3O7/c1-3-15(6-5-13(18)24-4-2)14(19)10-7-11(16(20)21)9-12(8-10)17(22)23/h7-9H,3-6H2,1-2H3. The first-order chi connectivity index (χ1) is 11.3. The topological polar surface area (TPSA) is 133 Å². The Morgan fingerprint density at radius 3 is 2.04 bits per heavy atom. The molecule has 0 bridgehead atoms. The van der Waals surface area contributed by atoms with Gasteiger partial charge in [-0.05, 0) is 13.8 Å². The molecular formula is C14H17N3O7. The van der Waals surface area contributed by atoms with Gasteiger partial charge in [0.05, 0.1) is 34.5 Å². The Hall–Kier alpha value is -3.04. The van der Waals surface area contributed by atoms with Crippen LogP contribution in [-0.2, 0) is 9.53 Å². The van der Waals surface area contributed by atoms with E-state index < -0.39 is 33.1 Å². The van der Waals surface area contributed by atoms with Gasteiger partial charge >= 0.3 is 5.97 Å². The summed E-state index contributed by atoms with van der Waals surface area (Å²) in [4.78, 5) is 45.2. The number of non-ortho nitro benzene ring substituents is 2. The third-order valence-electron chi connectivity index (χ3n) is 3.13. The summed E-state index contributed by atoms with van der Waals surface area (Å²) in [6.07, 6.45) is -0.0373. The van der Waals surface area contributed by atoms with Gasteiger partial charge in [0.25, 0.3) is 17.3 Å². The smallest absolute Gasteiger partial charge is 0.307 e. The summed E-state index contributed by atoms with van der Waals surface area (Å²) in [5, 5.41) is 21.7. The number of nitro groups is 2. The maximum absolute atomic E-state index is 12.4. The van der Waals surface area contributed by atoms with Crippen molar-refractivity contribution in [2.45, 2.75) is 20.3 Å². The molecular weight excluding hydrogens is 322 g/mol. The van der Waals surface area contributed by atoms with Crippen molar-refractivity contribution in [2.75, 3.05) is 19.7 Å². The molecule has 0 aliphatic heterocycles. The molecule has 0 N–H and O–H groups in total. The van der Waals surface area contributed by atoms with E-state index in [1.807, 2.05) is 0 Å². The van der Waals surface area contributed by atoms with Crippen molar-refractivity contribution in [3.05, 3.63) is 44.0 Å². The third-order valence-corrected chi connectivity index (χ3v) is 3.13. The van der Waals surface area contributed by atoms with Crippen LogP contribution in [0.1, 0.15) is 30.6 Å². The zero-order chi connectivity index (χ0) is 18.3. The quantitative estimate of drug-likeness (QED) is 0.401. The Kier molecular flexibility index (Phi) is 6.78. The second-order valence-electron chi connectivity index (χ2n) is 4.69. The number of hydrogen-bond acceptors (Lipinski definition) is 7. The minimum absolute atomic E-state index is 0.0373. The lowest BCUT2D eigenvalue weighted by Gasteiger charge is -2.20. The molecule has 1 aromatic carbocycles. The Morgan fingerprint density at radius 2 is 1.62 bits per heavy atom. The molecule has 1 rings (SSSR count). The molecule has 0 unspecified atom stereocenters. The zero-order valence-electron chi connectivity index (χ0n) is 13.3. The van der Waals surface area contributed by atoms with Crippen molar-refractivity contribution in [3.63, 3.8) is 0 Å². The SMILES string of the molecule is CCOC(=O)CCN(CC)C(=O)c1cc([N+](=O)[O-])cc([N+](=O)[O-])c1. The Labute approximate surface area is 137 Å². The predicted octanol–water partition coefficient (Wildman–Crippen LogP) is 1.92. The van der Waals surface area contributed by atoms with Crippen LogP contribution in [0.25, 0.3) is 0 Å². The van der Waals surface area contributed by atoms with Gasteiger partial charge in [-0.3, -0.25) is 29.8 Å². The van der Waals surface area contributed by atoms with Crippen molar-refractivity contribution < 1.29 is 24.2 Å². The van der Waals surface area contributed by atoms with Gasteiger partial charge in [0.1, 0.15) is 0 Å². The van der Waals surface area contributed by atoms with Gasteiger partial charge in [-0.1, -0.05) is 0 Å². The van der Waals surface area contributed by atoms with Crippen molar-refractivity contribution in [1.29, 1.82) is 0 Å². The predicted molar refractivity (Wildman–Crippen MR) is 82.6 cm³/mol. The maximum Gasteiger partial charge on any atom is 0.307 e. The summed E-state index contributed by atoms with van der Waals surface area (Å²) in [5.74, 6) is -1.11. The van der Waals surface area contributed by atoms with Gasteiger partial charge in [0.15, 0.2) is 0 Å². The first-order valence-corrected chi connectivity index (χ1v) is 7.18. The molecule has 10 heteroatoms. The van der Waals surface area contributed by atoms with E-state index in [2.05, 4.69) is 0 Å². The number of nitro benzene ring substituents is 2. The normalized spacial score (nSPS) is 10.1. The van der Waals surface area contributed by atoms with E-state index in [1.165, 1.54) is 4.90 Å². The number of rotatable bonds is 8. The number of esters is 1. The molecule has 0 heterocycles. The molecule has 0 aromatic heterocycles. The number of hydrogen-bond donors (Lipinski definition) is 0. The fraction of sp³-hybridized carbons (Fsp3) is 0.429. The molecule has 0 spiro atoms. The average molecular weight is 339 g/mol. The van der Waals surface area contributed by atoms with E-state index in [0.29, 0.717) is 0 Å². The molecule has 0 aliphatic rings. The molecule has 0 saturated heterocycles. The van der Waals surface area contributed by atoms with Crippen molar-refractivity contribution in [3.8, 4) is 0 Å². The molecule has 24 heavy (non-hydrogen) atoms. The molecule has 0 aliphatic carbocycles. The fourth-order valence-corrected chi connectivity index (χ4v) is 1.97. The van der Waals surface area contributed by atoms with E-state index >= 15 is 0 Å². The molecule has 0 saturated carbocycles. The minimum Gasteiger partial charge on any atom is -0.466 e. The largest absolute Gasteiger partial charge is 0.466 e. The number of carbonyl (C=O) groups is 2. The first-order valence-electron chi connectivity index (χ1n) is 7.18. The summed E-state index contributed by atoms with van der Waals surface area (Å²) < 4.78 is 4.77. The van der Waals surface area contributed by atoms with E-state index in [4.69, 9.17) is 4.74 Å². The van der Waals surface area contributed by atoms with Crippen LogP contribution in [0.4, 0.5) is 11.4 Å². The lowest BCUT2D eigenvalue weighted by molar-refractivity contribution is -0.394. The van der Waals surface area contributed by atoms with Gasteiger partial charge in [-0.15, -0.1) is 0 Å². The van der Waals surface area contributed by atoms with Gasteiger partial charge in [-0.25, -0.2) is 0 Å². The number of ether oxygens (including phenoxy) is 1.